The molecule has 0 aliphatic rings. The zero-order valence-electron chi connectivity index (χ0n) is 13.3. The van der Waals surface area contributed by atoms with Crippen molar-refractivity contribution in [2.75, 3.05) is 0 Å². The first kappa shape index (κ1) is 24.6. The Morgan fingerprint density at radius 2 is 1.23 bits per heavy atom. The molecular weight excluding hydrogens is 414 g/mol. The van der Waals surface area contributed by atoms with Crippen molar-refractivity contribution in [3.63, 3.8) is 0 Å². The summed E-state index contributed by atoms with van der Waals surface area (Å²) >= 11 is 0. The number of aromatic nitrogens is 1. The van der Waals surface area contributed by atoms with Crippen molar-refractivity contribution in [2.24, 2.45) is 0 Å². The molecule has 6 nitrogen and oxygen atoms in total. The summed E-state index contributed by atoms with van der Waals surface area (Å²) in [4.78, 5) is 0. The SMILES string of the molecule is CCCCC[n+]1ccccc1.O=S(=O)([N-]S(=O)(=O)C(F)(F)F)C(F)(F)F. The molecule has 0 aliphatic carbocycles. The molecule has 14 heteroatoms. The Balaban J connectivity index is 0.000000502. The molecule has 26 heavy (non-hydrogen) atoms. The molecule has 1 rings (SSSR count). The van der Waals surface area contributed by atoms with Crippen molar-refractivity contribution >= 4 is 20.0 Å². The number of hydrogen-bond donors (Lipinski definition) is 0. The van der Waals surface area contributed by atoms with Gasteiger partial charge in [-0.3, -0.25) is 0 Å². The molecule has 0 unspecified atom stereocenters. The van der Waals surface area contributed by atoms with Gasteiger partial charge in [0.25, 0.3) is 0 Å². The number of rotatable bonds is 6. The molecule has 0 aromatic carbocycles. The monoisotopic (exact) mass is 430 g/mol. The Bertz CT molecular complexity index is 704. The van der Waals surface area contributed by atoms with E-state index in [2.05, 4.69) is 42.1 Å². The number of hydrogen-bond acceptors (Lipinski definition) is 4. The standard InChI is InChI=1S/C10H16N.C2F6NO4S2/c1-2-3-5-8-11-9-6-4-7-10-11;3-1(4,5)14(10,11)9-15(12,13)2(6,7)8/h4,6-7,9-10H,2-3,5,8H2,1H3;/q+1;-1. The molecule has 1 aromatic heterocycles. The van der Waals surface area contributed by atoms with E-state index in [1.54, 1.807) is 0 Å². The quantitative estimate of drug-likeness (QED) is 0.394. The first-order chi connectivity index (χ1) is 11.6. The van der Waals surface area contributed by atoms with E-state index >= 15 is 0 Å². The third kappa shape index (κ3) is 8.31. The molecule has 0 N–H and O–H groups in total. The van der Waals surface area contributed by atoms with Gasteiger partial charge in [-0.2, -0.15) is 26.3 Å². The van der Waals surface area contributed by atoms with Crippen LogP contribution in [-0.4, -0.2) is 27.9 Å². The molecule has 0 saturated heterocycles. The van der Waals surface area contributed by atoms with Crippen molar-refractivity contribution in [1.29, 1.82) is 0 Å². The third-order valence-corrected chi connectivity index (χ3v) is 5.32. The summed E-state index contributed by atoms with van der Waals surface area (Å²) in [6.45, 7) is 3.39. The molecule has 1 aromatic rings. The van der Waals surface area contributed by atoms with E-state index in [-0.39, 0.29) is 0 Å². The highest BCUT2D eigenvalue weighted by molar-refractivity contribution is 8.13. The van der Waals surface area contributed by atoms with Crippen LogP contribution in [0.25, 0.3) is 4.13 Å². The molecule has 0 atom stereocenters. The van der Waals surface area contributed by atoms with Gasteiger partial charge in [0.2, 0.25) is 0 Å². The van der Waals surface area contributed by atoms with Gasteiger partial charge in [-0.1, -0.05) is 19.4 Å². The average molecular weight is 430 g/mol. The molecule has 0 spiro atoms. The number of aryl methyl sites for hydroxylation is 1. The fourth-order valence-electron chi connectivity index (χ4n) is 1.34. The Hall–Kier alpha value is -1.41. The molecule has 0 radical (unpaired) electrons. The number of sulfonamides is 2. The second-order valence-corrected chi connectivity index (χ2v) is 8.16. The second kappa shape index (κ2) is 9.50. The van der Waals surface area contributed by atoms with Crippen LogP contribution in [-0.2, 0) is 26.6 Å². The van der Waals surface area contributed by atoms with Crippen molar-refractivity contribution in [3.05, 3.63) is 34.7 Å². The number of alkyl halides is 6. The van der Waals surface area contributed by atoms with Crippen LogP contribution in [0.15, 0.2) is 30.6 Å². The van der Waals surface area contributed by atoms with Crippen LogP contribution in [0.4, 0.5) is 26.3 Å². The van der Waals surface area contributed by atoms with Gasteiger partial charge in [-0.25, -0.2) is 21.4 Å². The lowest BCUT2D eigenvalue weighted by Crippen LogP contribution is -2.31. The van der Waals surface area contributed by atoms with E-state index in [1.807, 2.05) is 0 Å². The van der Waals surface area contributed by atoms with E-state index in [1.165, 1.54) is 19.3 Å². The van der Waals surface area contributed by atoms with E-state index in [4.69, 9.17) is 0 Å². The second-order valence-electron chi connectivity index (χ2n) is 4.74. The van der Waals surface area contributed by atoms with Gasteiger partial charge in [0.1, 0.15) is 6.54 Å². The Morgan fingerprint density at radius 3 is 1.58 bits per heavy atom. The Morgan fingerprint density at radius 1 is 0.808 bits per heavy atom. The van der Waals surface area contributed by atoms with Crippen LogP contribution >= 0.6 is 0 Å². The first-order valence-corrected chi connectivity index (χ1v) is 9.83. The fourth-order valence-corrected chi connectivity index (χ4v) is 3.05. The molecule has 0 aliphatic heterocycles. The smallest absolute Gasteiger partial charge is 0.421 e. The first-order valence-electron chi connectivity index (χ1n) is 6.95. The zero-order valence-corrected chi connectivity index (χ0v) is 15.0. The highest BCUT2D eigenvalue weighted by Crippen LogP contribution is 2.36. The van der Waals surface area contributed by atoms with E-state index in [0.717, 1.165) is 10.7 Å². The molecular formula is C12H16F6N2O4S2. The highest BCUT2D eigenvalue weighted by atomic mass is 32.3. The summed E-state index contributed by atoms with van der Waals surface area (Å²) in [6.07, 6.45) is 8.17. The lowest BCUT2D eigenvalue weighted by atomic mass is 10.2. The molecule has 0 amide bonds. The fraction of sp³-hybridized carbons (Fsp3) is 0.583. The number of nitrogens with zero attached hydrogens (tertiary/aromatic N) is 2. The minimum absolute atomic E-state index is 0.778. The average Bonchev–Trinajstić information content (AvgIpc) is 2.46. The molecule has 1 heterocycles. The predicted molar refractivity (Wildman–Crippen MR) is 79.5 cm³/mol. The molecule has 0 saturated carbocycles. The maximum absolute atomic E-state index is 11.4. The van der Waals surface area contributed by atoms with Gasteiger partial charge in [0.05, 0.1) is 0 Å². The van der Waals surface area contributed by atoms with Crippen molar-refractivity contribution in [2.45, 2.75) is 43.7 Å². The number of halogens is 6. The van der Waals surface area contributed by atoms with Crippen molar-refractivity contribution < 1.29 is 47.7 Å². The van der Waals surface area contributed by atoms with Crippen LogP contribution in [0.1, 0.15) is 26.2 Å². The third-order valence-electron chi connectivity index (χ3n) is 2.58. The van der Waals surface area contributed by atoms with Crippen LogP contribution in [0.5, 0.6) is 0 Å². The summed E-state index contributed by atoms with van der Waals surface area (Å²) in [6, 6.07) is 6.20. The lowest BCUT2D eigenvalue weighted by molar-refractivity contribution is -0.697. The van der Waals surface area contributed by atoms with Crippen LogP contribution in [0.3, 0.4) is 0 Å². The summed E-state index contributed by atoms with van der Waals surface area (Å²) in [5.74, 6) is 0. The van der Waals surface area contributed by atoms with Gasteiger partial charge < -0.3 is 4.13 Å². The summed E-state index contributed by atoms with van der Waals surface area (Å²) < 4.78 is 111. The minimum Gasteiger partial charge on any atom is -0.421 e. The van der Waals surface area contributed by atoms with Crippen LogP contribution < -0.4 is 4.57 Å². The van der Waals surface area contributed by atoms with E-state index in [0.29, 0.717) is 0 Å². The minimum atomic E-state index is -6.72. The maximum Gasteiger partial charge on any atom is 0.480 e. The van der Waals surface area contributed by atoms with E-state index < -0.39 is 31.1 Å². The maximum atomic E-state index is 11.4. The number of pyridine rings is 1. The van der Waals surface area contributed by atoms with Crippen LogP contribution in [0, 0.1) is 0 Å². The molecule has 152 valence electrons. The van der Waals surface area contributed by atoms with Gasteiger partial charge in [0, 0.05) is 18.6 Å². The zero-order chi connectivity index (χ0) is 20.6. The summed E-state index contributed by atoms with van der Waals surface area (Å²) in [5, 5.41) is 0. The number of unbranched alkanes of at least 4 members (excludes halogenated alkanes) is 2. The topological polar surface area (TPSA) is 86.3 Å². The highest BCUT2D eigenvalue weighted by Gasteiger charge is 2.46. The predicted octanol–water partition coefficient (Wildman–Crippen LogP) is 3.22. The summed E-state index contributed by atoms with van der Waals surface area (Å²) in [5.41, 5.74) is -12.4. The van der Waals surface area contributed by atoms with Crippen molar-refractivity contribution in [3.8, 4) is 0 Å². The Kier molecular flexibility index (Phi) is 8.99. The molecule has 0 fully saturated rings. The van der Waals surface area contributed by atoms with Crippen LogP contribution in [0.2, 0.25) is 0 Å². The lowest BCUT2D eigenvalue weighted by Gasteiger charge is -2.22. The largest absolute Gasteiger partial charge is 0.480 e. The Labute approximate surface area is 146 Å². The van der Waals surface area contributed by atoms with Gasteiger partial charge in [0.15, 0.2) is 32.4 Å². The van der Waals surface area contributed by atoms with Crippen molar-refractivity contribution in [1.82, 2.24) is 0 Å². The van der Waals surface area contributed by atoms with Gasteiger partial charge in [-0.15, -0.1) is 0 Å². The van der Waals surface area contributed by atoms with E-state index in [9.17, 15) is 43.2 Å². The van der Waals surface area contributed by atoms with Gasteiger partial charge >= 0.3 is 11.0 Å². The molecule has 0 bridgehead atoms. The van der Waals surface area contributed by atoms with Gasteiger partial charge in [-0.05, 0) is 6.42 Å². The summed E-state index contributed by atoms with van der Waals surface area (Å²) in [7, 11) is -13.4. The normalized spacial score (nSPS) is 13.0.